The topological polar surface area (TPSA) is 98.1 Å². The molecule has 0 aliphatic rings. The fraction of sp³-hybridized carbons (Fsp3) is 0.250. The number of thiophene rings is 1. The lowest BCUT2D eigenvalue weighted by Crippen LogP contribution is -2.17. The first-order valence-electron chi connectivity index (χ1n) is 10.6. The van der Waals surface area contributed by atoms with Crippen LogP contribution in [0.1, 0.15) is 34.8 Å². The minimum Gasteiger partial charge on any atom is -0.449 e. The van der Waals surface area contributed by atoms with E-state index >= 15 is 0 Å². The Hall–Kier alpha value is -3.72. The summed E-state index contributed by atoms with van der Waals surface area (Å²) >= 11 is 1.65. The molecule has 0 saturated carbocycles. The minimum atomic E-state index is -0.531. The summed E-state index contributed by atoms with van der Waals surface area (Å²) in [6, 6.07) is 12.7. The van der Waals surface area contributed by atoms with Crippen LogP contribution in [0.3, 0.4) is 0 Å². The predicted octanol–water partition coefficient (Wildman–Crippen LogP) is 5.31. The molecule has 33 heavy (non-hydrogen) atoms. The molecule has 0 spiro atoms. The van der Waals surface area contributed by atoms with Crippen molar-refractivity contribution in [2.24, 2.45) is 5.92 Å². The van der Waals surface area contributed by atoms with Crippen LogP contribution in [0.4, 0.5) is 16.2 Å². The van der Waals surface area contributed by atoms with E-state index in [1.165, 1.54) is 0 Å². The lowest BCUT2D eigenvalue weighted by Gasteiger charge is -2.11. The van der Waals surface area contributed by atoms with Gasteiger partial charge in [-0.3, -0.25) is 10.1 Å². The highest BCUT2D eigenvalue weighted by atomic mass is 32.1. The largest absolute Gasteiger partial charge is 0.449 e. The van der Waals surface area contributed by atoms with Crippen molar-refractivity contribution in [3.63, 3.8) is 0 Å². The Bertz CT molecular complexity index is 1280. The molecule has 0 atom stereocenters. The summed E-state index contributed by atoms with van der Waals surface area (Å²) in [5.74, 6) is -0.0302. The molecule has 0 fully saturated rings. The highest BCUT2D eigenvalue weighted by molar-refractivity contribution is 7.09. The second kappa shape index (κ2) is 9.83. The molecule has 0 aliphatic heterocycles. The van der Waals surface area contributed by atoms with E-state index in [1.54, 1.807) is 52.5 Å². The molecule has 0 bridgehead atoms. The van der Waals surface area contributed by atoms with Crippen LogP contribution in [-0.2, 0) is 11.3 Å². The van der Waals surface area contributed by atoms with E-state index < -0.39 is 6.09 Å². The van der Waals surface area contributed by atoms with Gasteiger partial charge in [-0.05, 0) is 48.6 Å². The monoisotopic (exact) mass is 463 g/mol. The fourth-order valence-corrected chi connectivity index (χ4v) is 3.98. The maximum atomic E-state index is 13.1. The smallest absolute Gasteiger partial charge is 0.411 e. The third-order valence-corrected chi connectivity index (χ3v) is 5.64. The number of hydrogen-bond donors (Lipinski definition) is 2. The lowest BCUT2D eigenvalue weighted by molar-refractivity contribution is 0.102. The van der Waals surface area contributed by atoms with Gasteiger partial charge in [0.15, 0.2) is 5.65 Å². The predicted molar refractivity (Wildman–Crippen MR) is 130 cm³/mol. The molecule has 1 aromatic carbocycles. The summed E-state index contributed by atoms with van der Waals surface area (Å²) in [5.41, 5.74) is 2.96. The quantitative estimate of drug-likeness (QED) is 0.387. The van der Waals surface area contributed by atoms with Crippen LogP contribution < -0.4 is 10.6 Å². The molecule has 4 aromatic rings. The van der Waals surface area contributed by atoms with E-state index in [2.05, 4.69) is 20.7 Å². The first kappa shape index (κ1) is 22.5. The average molecular weight is 464 g/mol. The molecule has 8 nitrogen and oxygen atoms in total. The van der Waals surface area contributed by atoms with Gasteiger partial charge in [0.05, 0.1) is 30.3 Å². The number of carbonyl (C=O) groups is 2. The third-order valence-electron chi connectivity index (χ3n) is 4.78. The Morgan fingerprint density at radius 2 is 1.91 bits per heavy atom. The maximum absolute atomic E-state index is 13.1. The van der Waals surface area contributed by atoms with E-state index in [1.807, 2.05) is 38.3 Å². The number of amides is 2. The summed E-state index contributed by atoms with van der Waals surface area (Å²) in [7, 11) is 0. The molecule has 3 heterocycles. The van der Waals surface area contributed by atoms with Crippen molar-refractivity contribution >= 4 is 45.7 Å². The number of hydrogen-bond acceptors (Lipinski definition) is 6. The molecule has 170 valence electrons. The normalized spacial score (nSPS) is 11.0. The van der Waals surface area contributed by atoms with Gasteiger partial charge in [0, 0.05) is 21.9 Å². The summed E-state index contributed by atoms with van der Waals surface area (Å²) < 4.78 is 6.95. The van der Waals surface area contributed by atoms with Crippen LogP contribution in [0.15, 0.2) is 54.0 Å². The van der Waals surface area contributed by atoms with Gasteiger partial charge in [-0.25, -0.2) is 14.5 Å². The van der Waals surface area contributed by atoms with Gasteiger partial charge in [-0.1, -0.05) is 26.0 Å². The van der Waals surface area contributed by atoms with E-state index in [0.717, 1.165) is 10.6 Å². The van der Waals surface area contributed by atoms with Crippen molar-refractivity contribution in [1.82, 2.24) is 14.8 Å². The lowest BCUT2D eigenvalue weighted by atomic mass is 10.1. The summed E-state index contributed by atoms with van der Waals surface area (Å²) in [5, 5.41) is 12.7. The number of aromatic nitrogens is 3. The van der Waals surface area contributed by atoms with Crippen LogP contribution in [0.2, 0.25) is 0 Å². The Balaban J connectivity index is 1.52. The van der Waals surface area contributed by atoms with Crippen molar-refractivity contribution in [3.8, 4) is 0 Å². The molecule has 0 saturated heterocycles. The van der Waals surface area contributed by atoms with Crippen molar-refractivity contribution in [1.29, 1.82) is 0 Å². The summed E-state index contributed by atoms with van der Waals surface area (Å²) in [4.78, 5) is 30.8. The summed E-state index contributed by atoms with van der Waals surface area (Å²) in [6.45, 7) is 6.71. The second-order valence-corrected chi connectivity index (χ2v) is 9.11. The SMILES string of the molecule is Cc1cc(C(=O)Nc2cccc(NC(=O)OCC(C)C)c2)c2cnn(Cc3cccs3)c2n1. The molecule has 2 N–H and O–H groups in total. The van der Waals surface area contributed by atoms with Crippen LogP contribution in [0, 0.1) is 12.8 Å². The van der Waals surface area contributed by atoms with Crippen molar-refractivity contribution in [3.05, 3.63) is 70.2 Å². The van der Waals surface area contributed by atoms with E-state index in [9.17, 15) is 9.59 Å². The molecule has 0 unspecified atom stereocenters. The van der Waals surface area contributed by atoms with Gasteiger partial charge in [0.1, 0.15) is 0 Å². The molecule has 9 heteroatoms. The van der Waals surface area contributed by atoms with Gasteiger partial charge in [0.25, 0.3) is 5.91 Å². The molecule has 0 aliphatic carbocycles. The second-order valence-electron chi connectivity index (χ2n) is 8.08. The van der Waals surface area contributed by atoms with Gasteiger partial charge >= 0.3 is 6.09 Å². The Labute approximate surface area is 195 Å². The minimum absolute atomic E-state index is 0.247. The molecule has 2 amide bonds. The number of nitrogens with one attached hydrogen (secondary N) is 2. The Morgan fingerprint density at radius 3 is 2.64 bits per heavy atom. The van der Waals surface area contributed by atoms with Gasteiger partial charge in [-0.2, -0.15) is 5.10 Å². The Kier molecular flexibility index (Phi) is 6.69. The van der Waals surface area contributed by atoms with E-state index in [0.29, 0.717) is 41.1 Å². The number of rotatable bonds is 7. The molecule has 0 radical (unpaired) electrons. The zero-order chi connectivity index (χ0) is 23.4. The van der Waals surface area contributed by atoms with Crippen molar-refractivity contribution in [2.45, 2.75) is 27.3 Å². The first-order chi connectivity index (χ1) is 15.9. The molecule has 4 rings (SSSR count). The number of carbonyl (C=O) groups excluding carboxylic acids is 2. The Morgan fingerprint density at radius 1 is 1.12 bits per heavy atom. The van der Waals surface area contributed by atoms with Crippen molar-refractivity contribution < 1.29 is 14.3 Å². The standard InChI is InChI=1S/C24H25N5O3S/c1-15(2)14-32-24(31)28-18-7-4-6-17(11-18)27-23(30)20-10-16(3)26-22-21(20)12-25-29(22)13-19-8-5-9-33-19/h4-12,15H,13-14H2,1-3H3,(H,27,30)(H,28,31). The average Bonchev–Trinajstić information content (AvgIpc) is 3.42. The number of anilines is 2. The van der Waals surface area contributed by atoms with Crippen LogP contribution in [-0.4, -0.2) is 33.4 Å². The molecular weight excluding hydrogens is 438 g/mol. The zero-order valence-corrected chi connectivity index (χ0v) is 19.5. The highest BCUT2D eigenvalue weighted by Crippen LogP contribution is 2.22. The fourth-order valence-electron chi connectivity index (χ4n) is 3.30. The third kappa shape index (κ3) is 5.56. The van der Waals surface area contributed by atoms with Gasteiger partial charge in [0.2, 0.25) is 0 Å². The number of pyridine rings is 1. The number of nitrogens with zero attached hydrogens (tertiary/aromatic N) is 3. The molecular formula is C24H25N5O3S. The van der Waals surface area contributed by atoms with Crippen LogP contribution in [0.25, 0.3) is 11.0 Å². The number of aryl methyl sites for hydroxylation is 1. The number of fused-ring (bicyclic) bond motifs is 1. The van der Waals surface area contributed by atoms with Gasteiger partial charge in [-0.15, -0.1) is 11.3 Å². The summed E-state index contributed by atoms with van der Waals surface area (Å²) in [6.07, 6.45) is 1.14. The maximum Gasteiger partial charge on any atom is 0.411 e. The molecule has 3 aromatic heterocycles. The number of ether oxygens (including phenoxy) is 1. The first-order valence-corrected chi connectivity index (χ1v) is 11.5. The number of benzene rings is 1. The van der Waals surface area contributed by atoms with Gasteiger partial charge < -0.3 is 10.1 Å². The highest BCUT2D eigenvalue weighted by Gasteiger charge is 2.17. The van der Waals surface area contributed by atoms with Crippen molar-refractivity contribution in [2.75, 3.05) is 17.2 Å². The van der Waals surface area contributed by atoms with E-state index in [-0.39, 0.29) is 11.8 Å². The van der Waals surface area contributed by atoms with Crippen LogP contribution in [0.5, 0.6) is 0 Å². The van der Waals surface area contributed by atoms with E-state index in [4.69, 9.17) is 4.74 Å². The zero-order valence-electron chi connectivity index (χ0n) is 18.7. The van der Waals surface area contributed by atoms with Crippen LogP contribution >= 0.6 is 11.3 Å².